The summed E-state index contributed by atoms with van der Waals surface area (Å²) in [6.07, 6.45) is 1.13. The molecule has 1 heteroatoms. The molecule has 82 valence electrons. The third kappa shape index (κ3) is 2.85. The van der Waals surface area contributed by atoms with Gasteiger partial charge < -0.3 is 5.32 Å². The molecular weight excluding hydrogens is 182 g/mol. The van der Waals surface area contributed by atoms with Crippen LogP contribution in [0.3, 0.4) is 0 Å². The fraction of sp³-hybridized carbons (Fsp3) is 0.429. The molecule has 0 aliphatic carbocycles. The molecule has 0 aliphatic rings. The van der Waals surface area contributed by atoms with Crippen molar-refractivity contribution in [3.63, 3.8) is 0 Å². The molecule has 0 aliphatic heterocycles. The highest BCUT2D eigenvalue weighted by Crippen LogP contribution is 2.19. The molecule has 0 saturated heterocycles. The van der Waals surface area contributed by atoms with E-state index in [0.717, 1.165) is 18.7 Å². The van der Waals surface area contributed by atoms with E-state index in [1.165, 1.54) is 22.3 Å². The van der Waals surface area contributed by atoms with E-state index < -0.39 is 0 Å². The molecule has 0 atom stereocenters. The summed E-state index contributed by atoms with van der Waals surface area (Å²) in [7, 11) is 0. The maximum absolute atomic E-state index is 4.08. The van der Waals surface area contributed by atoms with Crippen LogP contribution in [0, 0.1) is 20.8 Å². The fourth-order valence-corrected chi connectivity index (χ4v) is 1.66. The average Bonchev–Trinajstić information content (AvgIpc) is 2.20. The monoisotopic (exact) mass is 203 g/mol. The van der Waals surface area contributed by atoms with Crippen molar-refractivity contribution < 1.29 is 0 Å². The SMILES string of the molecule is C=C(NCCC)c1cc(C)c(C)cc1C. The molecule has 0 amide bonds. The molecule has 0 fully saturated rings. The summed E-state index contributed by atoms with van der Waals surface area (Å²) in [5.41, 5.74) is 6.25. The minimum Gasteiger partial charge on any atom is -0.385 e. The van der Waals surface area contributed by atoms with Crippen LogP contribution in [-0.2, 0) is 0 Å². The van der Waals surface area contributed by atoms with Gasteiger partial charge in [0.2, 0.25) is 0 Å². The Bertz CT molecular complexity index is 364. The molecule has 0 saturated carbocycles. The number of benzene rings is 1. The van der Waals surface area contributed by atoms with E-state index in [9.17, 15) is 0 Å². The molecule has 1 rings (SSSR count). The molecule has 0 heterocycles. The zero-order valence-electron chi connectivity index (χ0n) is 10.3. The van der Waals surface area contributed by atoms with Gasteiger partial charge in [-0.3, -0.25) is 0 Å². The third-order valence-corrected chi connectivity index (χ3v) is 2.75. The van der Waals surface area contributed by atoms with Gasteiger partial charge in [0.15, 0.2) is 0 Å². The van der Waals surface area contributed by atoms with E-state index in [2.05, 4.69) is 51.7 Å². The van der Waals surface area contributed by atoms with Crippen LogP contribution in [0.5, 0.6) is 0 Å². The van der Waals surface area contributed by atoms with Gasteiger partial charge in [-0.05, 0) is 49.9 Å². The van der Waals surface area contributed by atoms with E-state index in [1.54, 1.807) is 0 Å². The lowest BCUT2D eigenvalue weighted by Crippen LogP contribution is -2.13. The first-order valence-corrected chi connectivity index (χ1v) is 5.57. The van der Waals surface area contributed by atoms with Crippen molar-refractivity contribution in [3.8, 4) is 0 Å². The van der Waals surface area contributed by atoms with Crippen molar-refractivity contribution in [1.82, 2.24) is 5.32 Å². The molecule has 1 aromatic carbocycles. The zero-order chi connectivity index (χ0) is 11.4. The van der Waals surface area contributed by atoms with E-state index in [4.69, 9.17) is 0 Å². The van der Waals surface area contributed by atoms with Gasteiger partial charge in [0.05, 0.1) is 0 Å². The van der Waals surface area contributed by atoms with Gasteiger partial charge in [-0.2, -0.15) is 0 Å². The van der Waals surface area contributed by atoms with Crippen LogP contribution in [0.4, 0.5) is 0 Å². The van der Waals surface area contributed by atoms with Gasteiger partial charge in [-0.25, -0.2) is 0 Å². The van der Waals surface area contributed by atoms with Crippen molar-refractivity contribution in [2.45, 2.75) is 34.1 Å². The van der Waals surface area contributed by atoms with Crippen molar-refractivity contribution in [3.05, 3.63) is 41.0 Å². The summed E-state index contributed by atoms with van der Waals surface area (Å²) < 4.78 is 0. The van der Waals surface area contributed by atoms with Gasteiger partial charge in [0.1, 0.15) is 0 Å². The molecule has 1 aromatic rings. The van der Waals surface area contributed by atoms with E-state index >= 15 is 0 Å². The highest BCUT2D eigenvalue weighted by molar-refractivity contribution is 5.65. The molecular formula is C14H21N. The maximum Gasteiger partial charge on any atom is 0.0343 e. The van der Waals surface area contributed by atoms with Gasteiger partial charge >= 0.3 is 0 Å². The van der Waals surface area contributed by atoms with E-state index in [1.807, 2.05) is 0 Å². The van der Waals surface area contributed by atoms with Crippen molar-refractivity contribution in [2.75, 3.05) is 6.54 Å². The molecule has 1 N–H and O–H groups in total. The summed E-state index contributed by atoms with van der Waals surface area (Å²) in [5.74, 6) is 0. The Morgan fingerprint density at radius 3 is 2.33 bits per heavy atom. The first-order valence-electron chi connectivity index (χ1n) is 5.57. The molecule has 15 heavy (non-hydrogen) atoms. The van der Waals surface area contributed by atoms with Crippen LogP contribution < -0.4 is 5.32 Å². The highest BCUT2D eigenvalue weighted by Gasteiger charge is 2.04. The number of hydrogen-bond acceptors (Lipinski definition) is 1. The predicted octanol–water partition coefficient (Wildman–Crippen LogP) is 3.58. The Labute approximate surface area is 93.2 Å². The summed E-state index contributed by atoms with van der Waals surface area (Å²) in [5, 5.41) is 3.34. The van der Waals surface area contributed by atoms with Gasteiger partial charge in [-0.15, -0.1) is 0 Å². The number of aryl methyl sites for hydroxylation is 3. The molecule has 0 radical (unpaired) electrons. The number of hydrogen-bond donors (Lipinski definition) is 1. The van der Waals surface area contributed by atoms with Gasteiger partial charge in [-0.1, -0.05) is 19.6 Å². The predicted molar refractivity (Wildman–Crippen MR) is 68.0 cm³/mol. The van der Waals surface area contributed by atoms with E-state index in [-0.39, 0.29) is 0 Å². The lowest BCUT2D eigenvalue weighted by atomic mass is 9.99. The molecule has 0 bridgehead atoms. The molecule has 0 unspecified atom stereocenters. The smallest absolute Gasteiger partial charge is 0.0343 e. The highest BCUT2D eigenvalue weighted by atomic mass is 14.9. The lowest BCUT2D eigenvalue weighted by molar-refractivity contribution is 0.824. The maximum atomic E-state index is 4.08. The number of nitrogens with one attached hydrogen (secondary N) is 1. The first kappa shape index (κ1) is 11.8. The molecule has 0 spiro atoms. The quantitative estimate of drug-likeness (QED) is 0.788. The summed E-state index contributed by atoms with van der Waals surface area (Å²) in [6.45, 7) is 13.7. The molecule has 1 nitrogen and oxygen atoms in total. The van der Waals surface area contributed by atoms with Crippen LogP contribution in [0.1, 0.15) is 35.6 Å². The summed E-state index contributed by atoms with van der Waals surface area (Å²) in [6, 6.07) is 4.44. The Kier molecular flexibility index (Phi) is 3.96. The third-order valence-electron chi connectivity index (χ3n) is 2.75. The Morgan fingerprint density at radius 2 is 1.73 bits per heavy atom. The summed E-state index contributed by atoms with van der Waals surface area (Å²) in [4.78, 5) is 0. The topological polar surface area (TPSA) is 12.0 Å². The lowest BCUT2D eigenvalue weighted by Gasteiger charge is -2.13. The molecule has 0 aromatic heterocycles. The zero-order valence-corrected chi connectivity index (χ0v) is 10.3. The second-order valence-electron chi connectivity index (χ2n) is 4.16. The Hall–Kier alpha value is -1.24. The van der Waals surface area contributed by atoms with Crippen molar-refractivity contribution >= 4 is 5.70 Å². The van der Waals surface area contributed by atoms with Crippen LogP contribution in [0.15, 0.2) is 18.7 Å². The van der Waals surface area contributed by atoms with Crippen LogP contribution in [0.25, 0.3) is 5.70 Å². The second-order valence-corrected chi connectivity index (χ2v) is 4.16. The largest absolute Gasteiger partial charge is 0.385 e. The second kappa shape index (κ2) is 5.01. The number of rotatable bonds is 4. The summed E-state index contributed by atoms with van der Waals surface area (Å²) >= 11 is 0. The Morgan fingerprint density at radius 1 is 1.13 bits per heavy atom. The normalized spacial score (nSPS) is 10.1. The first-order chi connectivity index (χ1) is 7.06. The van der Waals surface area contributed by atoms with Gasteiger partial charge in [0.25, 0.3) is 0 Å². The van der Waals surface area contributed by atoms with Crippen molar-refractivity contribution in [1.29, 1.82) is 0 Å². The van der Waals surface area contributed by atoms with E-state index in [0.29, 0.717) is 0 Å². The fourth-order valence-electron chi connectivity index (χ4n) is 1.66. The average molecular weight is 203 g/mol. The standard InChI is InChI=1S/C14H21N/c1-6-7-15-13(5)14-9-11(3)10(2)8-12(14)4/h8-9,15H,5-7H2,1-4H3. The minimum absolute atomic E-state index is 0.991. The van der Waals surface area contributed by atoms with Crippen LogP contribution >= 0.6 is 0 Å². The minimum atomic E-state index is 0.991. The van der Waals surface area contributed by atoms with Crippen molar-refractivity contribution in [2.24, 2.45) is 0 Å². The van der Waals surface area contributed by atoms with Crippen LogP contribution in [0.2, 0.25) is 0 Å². The Balaban J connectivity index is 2.94. The van der Waals surface area contributed by atoms with Gasteiger partial charge in [0, 0.05) is 17.8 Å². The van der Waals surface area contributed by atoms with Crippen LogP contribution in [-0.4, -0.2) is 6.54 Å².